The SMILES string of the molecule is C=C(/C=C(\N=C/N)c1n[nH]c2cc(F)c(-c3cnn(C)c3)cc12)N1CCN(C2CC2)CC1. The molecule has 0 atom stereocenters. The van der Waals surface area contributed by atoms with E-state index >= 15 is 0 Å². The Bertz CT molecular complexity index is 1210. The first-order valence-corrected chi connectivity index (χ1v) is 10.8. The summed E-state index contributed by atoms with van der Waals surface area (Å²) in [4.78, 5) is 9.18. The van der Waals surface area contributed by atoms with Gasteiger partial charge in [0.1, 0.15) is 11.5 Å². The van der Waals surface area contributed by atoms with Crippen LogP contribution < -0.4 is 5.73 Å². The third-order valence-electron chi connectivity index (χ3n) is 6.21. The third kappa shape index (κ3) is 3.91. The van der Waals surface area contributed by atoms with Crippen LogP contribution >= 0.6 is 0 Å². The number of hydrogen-bond donors (Lipinski definition) is 2. The molecule has 1 saturated heterocycles. The molecule has 5 rings (SSSR count). The zero-order valence-corrected chi connectivity index (χ0v) is 18.1. The maximum Gasteiger partial charge on any atom is 0.133 e. The molecule has 1 aliphatic carbocycles. The zero-order valence-electron chi connectivity index (χ0n) is 18.1. The summed E-state index contributed by atoms with van der Waals surface area (Å²) in [5.74, 6) is -0.341. The standard InChI is InChI=1S/C23H27FN8/c1-15(31-5-7-32(8-6-31)17-3-4-17)9-22(26-14-25)23-19-10-18(16-12-27-30(2)13-16)20(24)11-21(19)28-29-23/h9-14,17H,1,3-8H2,2H3,(H2,25,26)(H,28,29)/b22-9-. The molecule has 0 spiro atoms. The van der Waals surface area contributed by atoms with E-state index in [1.54, 1.807) is 30.2 Å². The number of nitrogens with one attached hydrogen (secondary N) is 1. The number of aromatic nitrogens is 4. The molecule has 0 unspecified atom stereocenters. The normalized spacial score (nSPS) is 18.2. The van der Waals surface area contributed by atoms with Crippen molar-refractivity contribution in [1.29, 1.82) is 0 Å². The van der Waals surface area contributed by atoms with Crippen LogP contribution in [-0.2, 0) is 7.05 Å². The van der Waals surface area contributed by atoms with Crippen molar-refractivity contribution in [2.75, 3.05) is 26.2 Å². The van der Waals surface area contributed by atoms with E-state index in [0.717, 1.165) is 43.3 Å². The average Bonchev–Trinajstić information content (AvgIpc) is 3.43. The van der Waals surface area contributed by atoms with Crippen molar-refractivity contribution in [3.05, 3.63) is 54.4 Å². The molecule has 9 heteroatoms. The number of fused-ring (bicyclic) bond motifs is 1. The van der Waals surface area contributed by atoms with Crippen LogP contribution in [0.5, 0.6) is 0 Å². The van der Waals surface area contributed by atoms with Crippen molar-refractivity contribution in [3.8, 4) is 11.1 Å². The van der Waals surface area contributed by atoms with Crippen molar-refractivity contribution in [2.24, 2.45) is 17.8 Å². The zero-order chi connectivity index (χ0) is 22.2. The number of aromatic amines is 1. The molecule has 0 bridgehead atoms. The highest BCUT2D eigenvalue weighted by Gasteiger charge is 2.31. The summed E-state index contributed by atoms with van der Waals surface area (Å²) in [6, 6.07) is 4.00. The highest BCUT2D eigenvalue weighted by Crippen LogP contribution is 2.32. The van der Waals surface area contributed by atoms with Gasteiger partial charge in [-0.3, -0.25) is 14.7 Å². The van der Waals surface area contributed by atoms with Crippen LogP contribution in [0.1, 0.15) is 18.5 Å². The number of aliphatic imine (C=N–C) groups is 1. The van der Waals surface area contributed by atoms with Gasteiger partial charge in [-0.05, 0) is 25.0 Å². The maximum absolute atomic E-state index is 14.7. The van der Waals surface area contributed by atoms with Gasteiger partial charge in [-0.1, -0.05) is 6.58 Å². The molecule has 1 aliphatic heterocycles. The predicted octanol–water partition coefficient (Wildman–Crippen LogP) is 2.72. The van der Waals surface area contributed by atoms with Crippen molar-refractivity contribution >= 4 is 22.9 Å². The van der Waals surface area contributed by atoms with Crippen LogP contribution in [0.3, 0.4) is 0 Å². The Hall–Kier alpha value is -3.46. The largest absolute Gasteiger partial charge is 0.390 e. The third-order valence-corrected chi connectivity index (χ3v) is 6.21. The van der Waals surface area contributed by atoms with E-state index in [-0.39, 0.29) is 5.82 Å². The van der Waals surface area contributed by atoms with E-state index < -0.39 is 0 Å². The van der Waals surface area contributed by atoms with Gasteiger partial charge in [-0.15, -0.1) is 0 Å². The van der Waals surface area contributed by atoms with E-state index in [1.807, 2.05) is 6.08 Å². The molecule has 1 saturated carbocycles. The van der Waals surface area contributed by atoms with Crippen molar-refractivity contribution < 1.29 is 4.39 Å². The molecular formula is C23H27FN8. The smallest absolute Gasteiger partial charge is 0.133 e. The summed E-state index contributed by atoms with van der Waals surface area (Å²) >= 11 is 0. The minimum Gasteiger partial charge on any atom is -0.390 e. The number of allylic oxidation sites excluding steroid dienone is 1. The van der Waals surface area contributed by atoms with Gasteiger partial charge in [0, 0.05) is 73.7 Å². The quantitative estimate of drug-likeness (QED) is 0.354. The fourth-order valence-electron chi connectivity index (χ4n) is 4.32. The number of rotatable bonds is 6. The van der Waals surface area contributed by atoms with Crippen molar-refractivity contribution in [2.45, 2.75) is 18.9 Å². The van der Waals surface area contributed by atoms with E-state index in [2.05, 4.69) is 36.7 Å². The lowest BCUT2D eigenvalue weighted by Crippen LogP contribution is -2.46. The van der Waals surface area contributed by atoms with E-state index in [1.165, 1.54) is 25.2 Å². The number of H-pyrrole nitrogens is 1. The van der Waals surface area contributed by atoms with Gasteiger partial charge in [0.2, 0.25) is 0 Å². The Morgan fingerprint density at radius 2 is 2.06 bits per heavy atom. The van der Waals surface area contributed by atoms with E-state index in [9.17, 15) is 4.39 Å². The summed E-state index contributed by atoms with van der Waals surface area (Å²) in [7, 11) is 1.80. The molecule has 2 fully saturated rings. The monoisotopic (exact) mass is 434 g/mol. The molecular weight excluding hydrogens is 407 g/mol. The van der Waals surface area contributed by atoms with E-state index in [0.29, 0.717) is 28.0 Å². The summed E-state index contributed by atoms with van der Waals surface area (Å²) in [5, 5.41) is 12.2. The lowest BCUT2D eigenvalue weighted by Gasteiger charge is -2.36. The highest BCUT2D eigenvalue weighted by molar-refractivity contribution is 5.94. The molecule has 166 valence electrons. The number of nitrogens with zero attached hydrogens (tertiary/aromatic N) is 6. The molecule has 1 aromatic carbocycles. The molecule has 2 aromatic heterocycles. The highest BCUT2D eigenvalue weighted by atomic mass is 19.1. The van der Waals surface area contributed by atoms with Gasteiger partial charge in [-0.2, -0.15) is 10.2 Å². The van der Waals surface area contributed by atoms with Crippen LogP contribution in [-0.4, -0.2) is 68.3 Å². The average molecular weight is 435 g/mol. The van der Waals surface area contributed by atoms with Gasteiger partial charge < -0.3 is 10.6 Å². The molecule has 2 aliphatic rings. The van der Waals surface area contributed by atoms with Crippen LogP contribution in [0.15, 0.2) is 47.9 Å². The number of halogens is 1. The fourth-order valence-corrected chi connectivity index (χ4v) is 4.32. The molecule has 3 heterocycles. The number of aryl methyl sites for hydroxylation is 1. The van der Waals surface area contributed by atoms with Crippen LogP contribution in [0.2, 0.25) is 0 Å². The first-order valence-electron chi connectivity index (χ1n) is 10.8. The second kappa shape index (κ2) is 8.23. The van der Waals surface area contributed by atoms with E-state index in [4.69, 9.17) is 5.73 Å². The topological polar surface area (TPSA) is 91.4 Å². The summed E-state index contributed by atoms with van der Waals surface area (Å²) in [6.07, 6.45) is 9.22. The van der Waals surface area contributed by atoms with Gasteiger partial charge in [0.05, 0.1) is 23.7 Å². The minimum absolute atomic E-state index is 0.341. The Labute approximate surface area is 185 Å². The molecule has 3 aromatic rings. The maximum atomic E-state index is 14.7. The summed E-state index contributed by atoms with van der Waals surface area (Å²) in [5.41, 5.74) is 9.44. The second-order valence-corrected chi connectivity index (χ2v) is 8.41. The lowest BCUT2D eigenvalue weighted by molar-refractivity contribution is 0.155. The summed E-state index contributed by atoms with van der Waals surface area (Å²) in [6.45, 7) is 8.23. The van der Waals surface area contributed by atoms with Crippen LogP contribution in [0.4, 0.5) is 4.39 Å². The van der Waals surface area contributed by atoms with Crippen LogP contribution in [0.25, 0.3) is 27.7 Å². The molecule has 0 radical (unpaired) electrons. The van der Waals surface area contributed by atoms with Crippen molar-refractivity contribution in [1.82, 2.24) is 29.8 Å². The van der Waals surface area contributed by atoms with Gasteiger partial charge in [0.25, 0.3) is 0 Å². The molecule has 32 heavy (non-hydrogen) atoms. The van der Waals surface area contributed by atoms with Gasteiger partial charge in [0.15, 0.2) is 0 Å². The molecule has 0 amide bonds. The van der Waals surface area contributed by atoms with Gasteiger partial charge >= 0.3 is 0 Å². The Morgan fingerprint density at radius 3 is 2.72 bits per heavy atom. The fraction of sp³-hybridized carbons (Fsp3) is 0.348. The second-order valence-electron chi connectivity index (χ2n) is 8.41. The first kappa shape index (κ1) is 20.4. The number of nitrogens with two attached hydrogens (primary N) is 1. The molecule has 8 nitrogen and oxygen atoms in total. The Balaban J connectivity index is 1.46. The van der Waals surface area contributed by atoms with Gasteiger partial charge in [-0.25, -0.2) is 9.38 Å². The number of piperazine rings is 1. The Kier molecular flexibility index (Phi) is 5.26. The van der Waals surface area contributed by atoms with Crippen LogP contribution in [0, 0.1) is 5.82 Å². The Morgan fingerprint density at radius 1 is 1.28 bits per heavy atom. The first-order chi connectivity index (χ1) is 15.5. The lowest BCUT2D eigenvalue weighted by atomic mass is 10.0. The number of hydrogen-bond acceptors (Lipinski definition) is 5. The minimum atomic E-state index is -0.341. The molecule has 3 N–H and O–H groups in total. The van der Waals surface area contributed by atoms with Crippen molar-refractivity contribution in [3.63, 3.8) is 0 Å². The summed E-state index contributed by atoms with van der Waals surface area (Å²) < 4.78 is 16.4. The number of benzene rings is 1. The predicted molar refractivity (Wildman–Crippen MR) is 124 cm³/mol.